The molecule has 32 heavy (non-hydrogen) atoms. The van der Waals surface area contributed by atoms with Crippen LogP contribution in [-0.4, -0.2) is 26.8 Å². The van der Waals surface area contributed by atoms with Crippen LogP contribution in [0.2, 0.25) is 0 Å². The van der Waals surface area contributed by atoms with Crippen LogP contribution in [0.15, 0.2) is 55.1 Å². The molecular weight excluding hydrogens is 438 g/mol. The van der Waals surface area contributed by atoms with E-state index in [-0.39, 0.29) is 0 Å². The van der Waals surface area contributed by atoms with Gasteiger partial charge >= 0.3 is 12.4 Å². The fourth-order valence-electron chi connectivity index (χ4n) is 3.42. The van der Waals surface area contributed by atoms with Crippen LogP contribution in [0.25, 0.3) is 11.4 Å². The number of alkyl halides is 6. The van der Waals surface area contributed by atoms with Gasteiger partial charge in [-0.15, -0.1) is 0 Å². The molecular formula is C20H18F6N6. The van der Waals surface area contributed by atoms with Gasteiger partial charge in [-0.05, 0) is 41.8 Å². The second-order valence-electron chi connectivity index (χ2n) is 7.33. The van der Waals surface area contributed by atoms with Crippen LogP contribution in [0.5, 0.6) is 0 Å². The molecule has 2 atom stereocenters. The molecule has 2 aromatic heterocycles. The summed E-state index contributed by atoms with van der Waals surface area (Å²) in [5.41, 5.74) is 8.33. The van der Waals surface area contributed by atoms with Crippen molar-refractivity contribution in [3.05, 3.63) is 71.8 Å². The minimum atomic E-state index is -4.45. The number of imidazole rings is 1. The fourth-order valence-corrected chi connectivity index (χ4v) is 3.42. The molecule has 1 saturated heterocycles. The van der Waals surface area contributed by atoms with E-state index in [1.54, 1.807) is 17.1 Å². The van der Waals surface area contributed by atoms with Crippen molar-refractivity contribution >= 4 is 0 Å². The van der Waals surface area contributed by atoms with Crippen LogP contribution >= 0.6 is 0 Å². The highest BCUT2D eigenvalue weighted by Gasteiger charge is 2.48. The fraction of sp³-hybridized carbons (Fsp3) is 0.300. The molecule has 4 rings (SSSR count). The molecule has 12 heteroatoms. The van der Waals surface area contributed by atoms with Crippen molar-refractivity contribution < 1.29 is 26.3 Å². The Kier molecular flexibility index (Phi) is 5.93. The van der Waals surface area contributed by atoms with E-state index in [9.17, 15) is 26.3 Å². The zero-order valence-electron chi connectivity index (χ0n) is 16.4. The minimum Gasteiger partial charge on any atom is -0.336 e. The molecule has 1 aromatic carbocycles. The van der Waals surface area contributed by atoms with Crippen LogP contribution in [0.4, 0.5) is 26.3 Å². The zero-order valence-corrected chi connectivity index (χ0v) is 16.4. The molecule has 6 nitrogen and oxygen atoms in total. The van der Waals surface area contributed by atoms with Crippen molar-refractivity contribution in [3.8, 4) is 11.4 Å². The van der Waals surface area contributed by atoms with Crippen molar-refractivity contribution in [2.45, 2.75) is 37.4 Å². The van der Waals surface area contributed by atoms with Crippen molar-refractivity contribution in [2.75, 3.05) is 0 Å². The topological polar surface area (TPSA) is 66.8 Å². The lowest BCUT2D eigenvalue weighted by Gasteiger charge is -2.21. The quantitative estimate of drug-likeness (QED) is 0.510. The Morgan fingerprint density at radius 1 is 0.906 bits per heavy atom. The smallest absolute Gasteiger partial charge is 0.336 e. The second-order valence-corrected chi connectivity index (χ2v) is 7.33. The van der Waals surface area contributed by atoms with Gasteiger partial charge in [0.1, 0.15) is 11.7 Å². The third-order valence-corrected chi connectivity index (χ3v) is 5.12. The van der Waals surface area contributed by atoms with Gasteiger partial charge in [0.25, 0.3) is 0 Å². The van der Waals surface area contributed by atoms with Crippen molar-refractivity contribution in [2.24, 2.45) is 0 Å². The first-order chi connectivity index (χ1) is 15.1. The van der Waals surface area contributed by atoms with E-state index in [0.717, 1.165) is 17.7 Å². The lowest BCUT2D eigenvalue weighted by atomic mass is 10.0. The zero-order chi connectivity index (χ0) is 22.9. The lowest BCUT2D eigenvalue weighted by molar-refractivity contribution is -0.156. The number of hydrogen-bond donors (Lipinski definition) is 3. The standard InChI is InChI=1S/C20H18F6N6/c21-19(22,23)14-3-1-12(2-4-14)6-8-32-10-16(28-11-32)15-9-13(5-7-27-15)17-18(20(24,25)26)30-31-29-17/h1-5,7,9-11,17-18,29-31H,6,8H2. The maximum atomic E-state index is 13.2. The summed E-state index contributed by atoms with van der Waals surface area (Å²) in [6.45, 7) is 0.465. The number of hydrogen-bond acceptors (Lipinski definition) is 5. The third kappa shape index (κ3) is 4.92. The summed E-state index contributed by atoms with van der Waals surface area (Å²) >= 11 is 0. The molecule has 170 valence electrons. The number of aromatic nitrogens is 3. The SMILES string of the molecule is FC(F)(F)c1ccc(CCn2cnc(-c3cc(C4NNNC4C(F)(F)F)ccn3)c2)cc1. The van der Waals surface area contributed by atoms with Gasteiger partial charge in [-0.2, -0.15) is 31.9 Å². The summed E-state index contributed by atoms with van der Waals surface area (Å²) in [5, 5.41) is 0. The predicted molar refractivity (Wildman–Crippen MR) is 103 cm³/mol. The average Bonchev–Trinajstić information content (AvgIpc) is 3.42. The Labute approximate surface area is 178 Å². The molecule has 3 aromatic rings. The highest BCUT2D eigenvalue weighted by atomic mass is 19.4. The first kappa shape index (κ1) is 22.2. The van der Waals surface area contributed by atoms with Gasteiger partial charge < -0.3 is 4.57 Å². The lowest BCUT2D eigenvalue weighted by Crippen LogP contribution is -2.43. The van der Waals surface area contributed by atoms with Crippen molar-refractivity contribution in [1.29, 1.82) is 0 Å². The summed E-state index contributed by atoms with van der Waals surface area (Å²) in [5.74, 6) is 0. The molecule has 0 saturated carbocycles. The van der Waals surface area contributed by atoms with Crippen LogP contribution in [0, 0.1) is 0 Å². The second kappa shape index (κ2) is 8.52. The number of pyridine rings is 1. The van der Waals surface area contributed by atoms with Gasteiger partial charge in [0, 0.05) is 18.9 Å². The number of nitrogens with one attached hydrogen (secondary N) is 3. The van der Waals surface area contributed by atoms with Crippen molar-refractivity contribution in [3.63, 3.8) is 0 Å². The Hall–Kier alpha value is -2.96. The minimum absolute atomic E-state index is 0.383. The number of hydrazine groups is 2. The van der Waals surface area contributed by atoms with Gasteiger partial charge in [-0.3, -0.25) is 4.98 Å². The van der Waals surface area contributed by atoms with E-state index in [1.807, 2.05) is 0 Å². The molecule has 0 radical (unpaired) electrons. The maximum absolute atomic E-state index is 13.2. The number of aryl methyl sites for hydroxylation is 2. The summed E-state index contributed by atoms with van der Waals surface area (Å²) in [6, 6.07) is 5.12. The van der Waals surface area contributed by atoms with E-state index < -0.39 is 30.0 Å². The summed E-state index contributed by atoms with van der Waals surface area (Å²) in [6.07, 6.45) is -3.69. The van der Waals surface area contributed by atoms with Crippen LogP contribution in [0.3, 0.4) is 0 Å². The Morgan fingerprint density at radius 2 is 1.66 bits per heavy atom. The number of halogens is 6. The first-order valence-corrected chi connectivity index (χ1v) is 9.58. The largest absolute Gasteiger partial charge is 0.416 e. The number of nitrogens with zero attached hydrogens (tertiary/aromatic N) is 3. The van der Waals surface area contributed by atoms with E-state index in [0.29, 0.717) is 29.9 Å². The van der Waals surface area contributed by atoms with Gasteiger partial charge in [0.15, 0.2) is 0 Å². The molecule has 3 heterocycles. The molecule has 0 amide bonds. The van der Waals surface area contributed by atoms with Gasteiger partial charge in [-0.1, -0.05) is 12.1 Å². The van der Waals surface area contributed by atoms with E-state index in [1.165, 1.54) is 30.5 Å². The average molecular weight is 456 g/mol. The van der Waals surface area contributed by atoms with Crippen LogP contribution < -0.4 is 16.4 Å². The molecule has 3 N–H and O–H groups in total. The molecule has 1 aliphatic heterocycles. The molecule has 1 aliphatic rings. The van der Waals surface area contributed by atoms with Gasteiger partial charge in [0.05, 0.1) is 23.6 Å². The number of benzene rings is 1. The van der Waals surface area contributed by atoms with Crippen molar-refractivity contribution in [1.82, 2.24) is 30.9 Å². The third-order valence-electron chi connectivity index (χ3n) is 5.12. The predicted octanol–water partition coefficient (Wildman–Crippen LogP) is 3.79. The Bertz CT molecular complexity index is 1060. The van der Waals surface area contributed by atoms with E-state index >= 15 is 0 Å². The molecule has 0 aliphatic carbocycles. The summed E-state index contributed by atoms with van der Waals surface area (Å²) in [4.78, 5) is 8.46. The van der Waals surface area contributed by atoms with E-state index in [4.69, 9.17) is 0 Å². The Balaban J connectivity index is 1.44. The normalized spacial score (nSPS) is 19.4. The van der Waals surface area contributed by atoms with Gasteiger partial charge in [-0.25, -0.2) is 15.8 Å². The number of rotatable bonds is 5. The summed E-state index contributed by atoms with van der Waals surface area (Å²) in [7, 11) is 0. The van der Waals surface area contributed by atoms with Crippen LogP contribution in [0.1, 0.15) is 22.7 Å². The monoisotopic (exact) mass is 456 g/mol. The first-order valence-electron chi connectivity index (χ1n) is 9.58. The molecule has 0 spiro atoms. The van der Waals surface area contributed by atoms with E-state index in [2.05, 4.69) is 26.4 Å². The summed E-state index contributed by atoms with van der Waals surface area (Å²) < 4.78 is 79.3. The van der Waals surface area contributed by atoms with Crippen LogP contribution in [-0.2, 0) is 19.1 Å². The highest BCUT2D eigenvalue weighted by Crippen LogP contribution is 2.32. The molecule has 0 bridgehead atoms. The van der Waals surface area contributed by atoms with Gasteiger partial charge in [0.2, 0.25) is 0 Å². The molecule has 1 fully saturated rings. The molecule has 2 unspecified atom stereocenters. The highest BCUT2D eigenvalue weighted by molar-refractivity contribution is 5.54. The maximum Gasteiger partial charge on any atom is 0.416 e. The Morgan fingerprint density at radius 3 is 2.34 bits per heavy atom.